The van der Waals surface area contributed by atoms with Crippen molar-refractivity contribution in [1.82, 2.24) is 25.3 Å². The largest absolute Gasteiger partial charge is 0.497 e. The molecule has 0 saturated carbocycles. The number of carbonyl (C=O) groups is 1. The normalized spacial score (nSPS) is 10.7. The van der Waals surface area contributed by atoms with E-state index >= 15 is 0 Å². The Bertz CT molecular complexity index is 1070. The lowest BCUT2D eigenvalue weighted by Gasteiger charge is -2.04. The monoisotopic (exact) mass is 359 g/mol. The molecule has 3 heterocycles. The van der Waals surface area contributed by atoms with Crippen LogP contribution in [0.15, 0.2) is 61.1 Å². The van der Waals surface area contributed by atoms with Gasteiger partial charge >= 0.3 is 0 Å². The molecule has 134 valence electrons. The van der Waals surface area contributed by atoms with Gasteiger partial charge in [0.15, 0.2) is 5.82 Å². The number of H-pyrrole nitrogens is 1. The predicted molar refractivity (Wildman–Crippen MR) is 101 cm³/mol. The fraction of sp³-hybridized carbons (Fsp3) is 0.100. The number of fused-ring (bicyclic) bond motifs is 1. The van der Waals surface area contributed by atoms with Gasteiger partial charge in [-0.3, -0.25) is 9.78 Å². The van der Waals surface area contributed by atoms with Crippen LogP contribution in [0.2, 0.25) is 0 Å². The number of carbonyl (C=O) groups excluding carboxylic acids is 1. The van der Waals surface area contributed by atoms with Crippen molar-refractivity contribution in [2.45, 2.75) is 6.54 Å². The highest BCUT2D eigenvalue weighted by Crippen LogP contribution is 2.21. The first-order chi connectivity index (χ1) is 13.2. The van der Waals surface area contributed by atoms with Crippen LogP contribution in [0.3, 0.4) is 0 Å². The number of hydrogen-bond acceptors (Lipinski definition) is 5. The highest BCUT2D eigenvalue weighted by molar-refractivity contribution is 5.93. The van der Waals surface area contributed by atoms with Crippen LogP contribution in [0.25, 0.3) is 22.4 Å². The zero-order valence-corrected chi connectivity index (χ0v) is 14.6. The van der Waals surface area contributed by atoms with Crippen molar-refractivity contribution < 1.29 is 9.53 Å². The predicted octanol–water partition coefficient (Wildman–Crippen LogP) is 2.96. The molecule has 0 spiro atoms. The number of aromatic nitrogens is 4. The van der Waals surface area contributed by atoms with Gasteiger partial charge in [-0.05, 0) is 36.4 Å². The van der Waals surface area contributed by atoms with Crippen molar-refractivity contribution in [3.05, 3.63) is 72.3 Å². The Morgan fingerprint density at radius 3 is 2.70 bits per heavy atom. The lowest BCUT2D eigenvalue weighted by atomic mass is 10.2. The summed E-state index contributed by atoms with van der Waals surface area (Å²) in [6.45, 7) is 0.373. The van der Waals surface area contributed by atoms with Crippen LogP contribution >= 0.6 is 0 Å². The fourth-order valence-electron chi connectivity index (χ4n) is 2.74. The number of benzene rings is 1. The van der Waals surface area contributed by atoms with E-state index in [1.54, 1.807) is 13.3 Å². The molecular weight excluding hydrogens is 342 g/mol. The average Bonchev–Trinajstić information content (AvgIpc) is 3.14. The molecule has 4 rings (SSSR count). The third kappa shape index (κ3) is 3.62. The van der Waals surface area contributed by atoms with Gasteiger partial charge in [-0.1, -0.05) is 6.07 Å². The number of nitrogens with one attached hydrogen (secondary N) is 2. The molecule has 7 heteroatoms. The Labute approximate surface area is 155 Å². The molecule has 0 aliphatic rings. The summed E-state index contributed by atoms with van der Waals surface area (Å²) in [7, 11) is 1.64. The van der Waals surface area contributed by atoms with Gasteiger partial charge in [0.05, 0.1) is 19.2 Å². The van der Waals surface area contributed by atoms with Crippen molar-refractivity contribution in [1.29, 1.82) is 0 Å². The minimum atomic E-state index is -0.237. The van der Waals surface area contributed by atoms with Gasteiger partial charge in [-0.15, -0.1) is 0 Å². The van der Waals surface area contributed by atoms with Gasteiger partial charge in [-0.25, -0.2) is 9.97 Å². The summed E-state index contributed by atoms with van der Waals surface area (Å²) in [6.07, 6.45) is 4.68. The summed E-state index contributed by atoms with van der Waals surface area (Å²) in [5.41, 5.74) is 2.95. The van der Waals surface area contributed by atoms with E-state index in [1.807, 2.05) is 42.5 Å². The van der Waals surface area contributed by atoms with Gasteiger partial charge in [0.25, 0.3) is 5.91 Å². The zero-order valence-electron chi connectivity index (χ0n) is 14.6. The van der Waals surface area contributed by atoms with E-state index in [2.05, 4.69) is 25.3 Å². The first-order valence-electron chi connectivity index (χ1n) is 8.40. The van der Waals surface area contributed by atoms with Crippen molar-refractivity contribution >= 4 is 16.8 Å². The van der Waals surface area contributed by atoms with Gasteiger partial charge in [0.2, 0.25) is 0 Å². The maximum absolute atomic E-state index is 12.3. The molecule has 0 unspecified atom stereocenters. The first kappa shape index (κ1) is 16.7. The Balaban J connectivity index is 1.43. The van der Waals surface area contributed by atoms with Crippen molar-refractivity contribution in [2.24, 2.45) is 0 Å². The molecule has 7 nitrogen and oxygen atoms in total. The number of amides is 1. The molecule has 4 aromatic rings. The summed E-state index contributed by atoms with van der Waals surface area (Å²) in [6, 6.07) is 13.3. The SMILES string of the molecule is COc1ccc2[nH]c(CNC(=O)c3cnc(-c4ccccn4)nc3)cc2c1. The molecule has 0 atom stereocenters. The lowest BCUT2D eigenvalue weighted by Crippen LogP contribution is -2.23. The van der Waals surface area contributed by atoms with E-state index in [1.165, 1.54) is 12.4 Å². The Morgan fingerprint density at radius 1 is 1.11 bits per heavy atom. The van der Waals surface area contributed by atoms with Crippen LogP contribution in [0, 0.1) is 0 Å². The van der Waals surface area contributed by atoms with Crippen molar-refractivity contribution in [3.8, 4) is 17.3 Å². The molecule has 1 amide bonds. The molecule has 27 heavy (non-hydrogen) atoms. The van der Waals surface area contributed by atoms with E-state index in [9.17, 15) is 4.79 Å². The van der Waals surface area contributed by atoms with Crippen LogP contribution < -0.4 is 10.1 Å². The third-order valence-corrected chi connectivity index (χ3v) is 4.13. The van der Waals surface area contributed by atoms with E-state index < -0.39 is 0 Å². The van der Waals surface area contributed by atoms with E-state index in [0.717, 1.165) is 22.3 Å². The van der Waals surface area contributed by atoms with Crippen LogP contribution in [0.5, 0.6) is 5.75 Å². The maximum atomic E-state index is 12.3. The molecule has 0 aliphatic carbocycles. The van der Waals surface area contributed by atoms with Crippen molar-refractivity contribution in [2.75, 3.05) is 7.11 Å². The van der Waals surface area contributed by atoms with Gasteiger partial charge < -0.3 is 15.0 Å². The molecule has 0 aliphatic heterocycles. The first-order valence-corrected chi connectivity index (χ1v) is 8.40. The molecule has 0 bridgehead atoms. The number of ether oxygens (including phenoxy) is 1. The second kappa shape index (κ2) is 7.25. The minimum Gasteiger partial charge on any atom is -0.497 e. The smallest absolute Gasteiger partial charge is 0.254 e. The average molecular weight is 359 g/mol. The summed E-state index contributed by atoms with van der Waals surface area (Å²) < 4.78 is 5.23. The van der Waals surface area contributed by atoms with E-state index in [4.69, 9.17) is 4.74 Å². The summed E-state index contributed by atoms with van der Waals surface area (Å²) in [5, 5.41) is 3.90. The Hall–Kier alpha value is -3.74. The van der Waals surface area contributed by atoms with Gasteiger partial charge in [-0.2, -0.15) is 0 Å². The van der Waals surface area contributed by atoms with Gasteiger partial charge in [0, 0.05) is 35.2 Å². The zero-order chi connectivity index (χ0) is 18.6. The second-order valence-corrected chi connectivity index (χ2v) is 5.94. The maximum Gasteiger partial charge on any atom is 0.254 e. The topological polar surface area (TPSA) is 92.8 Å². The van der Waals surface area contributed by atoms with Gasteiger partial charge in [0.1, 0.15) is 11.4 Å². The number of hydrogen-bond donors (Lipinski definition) is 2. The molecule has 0 fully saturated rings. The standard InChI is InChI=1S/C20H17N5O2/c1-27-16-5-6-17-13(9-16)8-15(25-17)12-24-20(26)14-10-22-19(23-11-14)18-4-2-3-7-21-18/h2-11,25H,12H2,1H3,(H,24,26). The second-order valence-electron chi connectivity index (χ2n) is 5.94. The number of rotatable bonds is 5. The summed E-state index contributed by atoms with van der Waals surface area (Å²) in [5.74, 6) is 1.04. The highest BCUT2D eigenvalue weighted by atomic mass is 16.5. The van der Waals surface area contributed by atoms with Crippen LogP contribution in [-0.4, -0.2) is 33.0 Å². The van der Waals surface area contributed by atoms with Crippen molar-refractivity contribution in [3.63, 3.8) is 0 Å². The number of methoxy groups -OCH3 is 1. The molecule has 3 aromatic heterocycles. The molecular formula is C20H17N5O2. The number of nitrogens with zero attached hydrogens (tertiary/aromatic N) is 3. The molecule has 0 radical (unpaired) electrons. The molecule has 1 aromatic carbocycles. The van der Waals surface area contributed by atoms with E-state index in [-0.39, 0.29) is 5.91 Å². The number of aromatic amines is 1. The quantitative estimate of drug-likeness (QED) is 0.571. The molecule has 2 N–H and O–H groups in total. The van der Waals surface area contributed by atoms with Crippen LogP contribution in [-0.2, 0) is 6.54 Å². The Morgan fingerprint density at radius 2 is 1.96 bits per heavy atom. The lowest BCUT2D eigenvalue weighted by molar-refractivity contribution is 0.0949. The number of pyridine rings is 1. The van der Waals surface area contributed by atoms with Crippen LogP contribution in [0.4, 0.5) is 0 Å². The third-order valence-electron chi connectivity index (χ3n) is 4.13. The molecule has 0 saturated heterocycles. The summed E-state index contributed by atoms with van der Waals surface area (Å²) in [4.78, 5) is 28.3. The Kier molecular flexibility index (Phi) is 4.49. The fourth-order valence-corrected chi connectivity index (χ4v) is 2.74. The highest BCUT2D eigenvalue weighted by Gasteiger charge is 2.09. The van der Waals surface area contributed by atoms with E-state index in [0.29, 0.717) is 23.6 Å². The minimum absolute atomic E-state index is 0.237. The van der Waals surface area contributed by atoms with Crippen LogP contribution in [0.1, 0.15) is 16.1 Å². The summed E-state index contributed by atoms with van der Waals surface area (Å²) >= 11 is 0.